The third kappa shape index (κ3) is 3.23. The normalized spacial score (nSPS) is 13.7. The highest BCUT2D eigenvalue weighted by molar-refractivity contribution is 7.47. The minimum absolute atomic E-state index is 0.542. The first kappa shape index (κ1) is 14.0. The average Bonchev–Trinajstić information content (AvgIpc) is 2.28. The quantitative estimate of drug-likeness (QED) is 0.486. The van der Waals surface area contributed by atoms with Gasteiger partial charge in [-0.15, -0.1) is 0 Å². The number of nitrogens with zero attached hydrogens (tertiary/aromatic N) is 2. The topological polar surface area (TPSA) is 142 Å². The highest BCUT2D eigenvalue weighted by Crippen LogP contribution is 2.46. The third-order valence-electron chi connectivity index (χ3n) is 1.79. The highest BCUT2D eigenvalue weighted by atomic mass is 31.2. The number of hydrogen-bond acceptors (Lipinski definition) is 7. The van der Waals surface area contributed by atoms with Crippen molar-refractivity contribution in [2.45, 2.75) is 0 Å². The van der Waals surface area contributed by atoms with Crippen molar-refractivity contribution in [2.24, 2.45) is 0 Å². The van der Waals surface area contributed by atoms with Crippen molar-refractivity contribution in [3.63, 3.8) is 0 Å². The minimum atomic E-state index is -4.48. The molecule has 1 N–H and O–H groups in total. The van der Waals surface area contributed by atoms with Crippen LogP contribution in [0.2, 0.25) is 0 Å². The van der Waals surface area contributed by atoms with Gasteiger partial charge in [0.15, 0.2) is 0 Å². The SMILES string of the molecule is COP(=O)(O)Oc1ccc([N+](=O)[O-])cc1[N+](=O)[O-]. The molecule has 0 amide bonds. The van der Waals surface area contributed by atoms with Crippen LogP contribution < -0.4 is 4.52 Å². The van der Waals surface area contributed by atoms with Gasteiger partial charge in [-0.25, -0.2) is 4.57 Å². The summed E-state index contributed by atoms with van der Waals surface area (Å²) >= 11 is 0. The summed E-state index contributed by atoms with van der Waals surface area (Å²) in [5, 5.41) is 21.1. The zero-order valence-electron chi connectivity index (χ0n) is 8.88. The van der Waals surface area contributed by atoms with Crippen molar-refractivity contribution < 1.29 is 28.4 Å². The Morgan fingerprint density at radius 2 is 1.89 bits per heavy atom. The maximum absolute atomic E-state index is 11.1. The molecule has 0 saturated carbocycles. The molecule has 18 heavy (non-hydrogen) atoms. The zero-order valence-corrected chi connectivity index (χ0v) is 9.77. The summed E-state index contributed by atoms with van der Waals surface area (Å²) < 4.78 is 19.6. The minimum Gasteiger partial charge on any atom is -0.397 e. The van der Waals surface area contributed by atoms with E-state index in [0.717, 1.165) is 19.2 Å². The van der Waals surface area contributed by atoms with Crippen LogP contribution in [0.1, 0.15) is 0 Å². The summed E-state index contributed by atoms with van der Waals surface area (Å²) in [5.41, 5.74) is -1.35. The molecule has 0 fully saturated rings. The van der Waals surface area contributed by atoms with Crippen LogP contribution in [0, 0.1) is 20.2 Å². The lowest BCUT2D eigenvalue weighted by Crippen LogP contribution is -1.99. The molecule has 11 heteroatoms. The van der Waals surface area contributed by atoms with E-state index in [4.69, 9.17) is 4.89 Å². The van der Waals surface area contributed by atoms with Crippen LogP contribution >= 0.6 is 7.82 Å². The summed E-state index contributed by atoms with van der Waals surface area (Å²) in [4.78, 5) is 28.3. The lowest BCUT2D eigenvalue weighted by Gasteiger charge is -2.09. The standard InChI is InChI=1S/C7H7N2O8P/c1-16-18(14,15)17-7-3-2-5(8(10)11)4-6(7)9(12)13/h2-4H,1H3,(H,14,15). The van der Waals surface area contributed by atoms with E-state index in [1.54, 1.807) is 0 Å². The van der Waals surface area contributed by atoms with Gasteiger partial charge in [0.1, 0.15) is 0 Å². The Kier molecular flexibility index (Phi) is 3.96. The second-order valence-electron chi connectivity index (χ2n) is 2.91. The molecule has 1 aromatic carbocycles. The molecule has 1 atom stereocenters. The van der Waals surface area contributed by atoms with E-state index in [2.05, 4.69) is 9.05 Å². The highest BCUT2D eigenvalue weighted by Gasteiger charge is 2.28. The molecule has 0 aromatic heterocycles. The van der Waals surface area contributed by atoms with Crippen LogP contribution in [-0.4, -0.2) is 21.8 Å². The Labute approximate surface area is 99.7 Å². The number of rotatable bonds is 5. The fraction of sp³-hybridized carbons (Fsp3) is 0.143. The van der Waals surface area contributed by atoms with E-state index in [0.29, 0.717) is 6.07 Å². The largest absolute Gasteiger partial charge is 0.527 e. The summed E-state index contributed by atoms with van der Waals surface area (Å²) in [6.07, 6.45) is 0. The van der Waals surface area contributed by atoms with Gasteiger partial charge in [0, 0.05) is 13.2 Å². The number of non-ortho nitro benzene ring substituents is 1. The van der Waals surface area contributed by atoms with Gasteiger partial charge in [0.25, 0.3) is 5.69 Å². The number of hydrogen-bond donors (Lipinski definition) is 1. The molecule has 10 nitrogen and oxygen atoms in total. The van der Waals surface area contributed by atoms with Crippen molar-refractivity contribution >= 4 is 19.2 Å². The van der Waals surface area contributed by atoms with E-state index < -0.39 is 34.8 Å². The summed E-state index contributed by atoms with van der Waals surface area (Å²) in [6.45, 7) is 0. The van der Waals surface area contributed by atoms with Gasteiger partial charge < -0.3 is 4.52 Å². The van der Waals surface area contributed by atoms with Crippen LogP contribution in [0.4, 0.5) is 11.4 Å². The van der Waals surface area contributed by atoms with Crippen LogP contribution in [0.3, 0.4) is 0 Å². The molecule has 0 spiro atoms. The van der Waals surface area contributed by atoms with Crippen LogP contribution in [0.15, 0.2) is 18.2 Å². The number of nitro benzene ring substituents is 2. The first-order chi connectivity index (χ1) is 8.26. The van der Waals surface area contributed by atoms with E-state index >= 15 is 0 Å². The second kappa shape index (κ2) is 5.08. The molecule has 0 saturated heterocycles. The Morgan fingerprint density at radius 1 is 1.28 bits per heavy atom. The molecule has 1 rings (SSSR count). The number of phosphoric acid groups is 1. The summed E-state index contributed by atoms with van der Waals surface area (Å²) in [7, 11) is -3.60. The Hall–Kier alpha value is -2.03. The van der Waals surface area contributed by atoms with Crippen LogP contribution in [0.25, 0.3) is 0 Å². The Balaban J connectivity index is 3.24. The first-order valence-electron chi connectivity index (χ1n) is 4.28. The number of phosphoric ester groups is 1. The van der Waals surface area contributed by atoms with Gasteiger partial charge in [-0.1, -0.05) is 0 Å². The molecule has 0 aliphatic carbocycles. The van der Waals surface area contributed by atoms with Crippen molar-refractivity contribution in [3.8, 4) is 5.75 Å². The Bertz CT molecular complexity index is 544. The van der Waals surface area contributed by atoms with Crippen LogP contribution in [0.5, 0.6) is 5.75 Å². The average molecular weight is 278 g/mol. The van der Waals surface area contributed by atoms with E-state index in [1.165, 1.54) is 0 Å². The maximum atomic E-state index is 11.1. The van der Waals surface area contributed by atoms with E-state index in [-0.39, 0.29) is 0 Å². The molecule has 98 valence electrons. The number of benzene rings is 1. The number of nitro groups is 2. The summed E-state index contributed by atoms with van der Waals surface area (Å²) in [5.74, 6) is -0.599. The van der Waals surface area contributed by atoms with Gasteiger partial charge in [0.05, 0.1) is 15.9 Å². The van der Waals surface area contributed by atoms with Crippen molar-refractivity contribution in [3.05, 3.63) is 38.4 Å². The monoisotopic (exact) mass is 278 g/mol. The lowest BCUT2D eigenvalue weighted by molar-refractivity contribution is -0.394. The molecule has 0 radical (unpaired) electrons. The van der Waals surface area contributed by atoms with Crippen molar-refractivity contribution in [1.29, 1.82) is 0 Å². The molecule has 0 bridgehead atoms. The first-order valence-corrected chi connectivity index (χ1v) is 5.77. The zero-order chi connectivity index (χ0) is 13.9. The molecule has 0 aliphatic heterocycles. The molecule has 0 heterocycles. The van der Waals surface area contributed by atoms with Gasteiger partial charge >= 0.3 is 13.5 Å². The molecular weight excluding hydrogens is 271 g/mol. The summed E-state index contributed by atoms with van der Waals surface area (Å²) in [6, 6.07) is 2.36. The molecular formula is C7H7N2O8P. The van der Waals surface area contributed by atoms with E-state index in [9.17, 15) is 24.8 Å². The third-order valence-corrected chi connectivity index (χ3v) is 2.68. The predicted octanol–water partition coefficient (Wildman–Crippen LogP) is 1.63. The van der Waals surface area contributed by atoms with Crippen LogP contribution in [-0.2, 0) is 9.09 Å². The van der Waals surface area contributed by atoms with Gasteiger partial charge in [-0.2, -0.15) is 0 Å². The second-order valence-corrected chi connectivity index (χ2v) is 4.39. The molecule has 0 aliphatic rings. The lowest BCUT2D eigenvalue weighted by atomic mass is 10.2. The Morgan fingerprint density at radius 3 is 2.33 bits per heavy atom. The van der Waals surface area contributed by atoms with Gasteiger partial charge in [-0.3, -0.25) is 29.6 Å². The van der Waals surface area contributed by atoms with Gasteiger partial charge in [0.2, 0.25) is 5.75 Å². The predicted molar refractivity (Wildman–Crippen MR) is 57.2 cm³/mol. The van der Waals surface area contributed by atoms with Crippen molar-refractivity contribution in [1.82, 2.24) is 0 Å². The fourth-order valence-electron chi connectivity index (χ4n) is 1.00. The fourth-order valence-corrected chi connectivity index (χ4v) is 1.48. The molecule has 1 aromatic rings. The smallest absolute Gasteiger partial charge is 0.397 e. The van der Waals surface area contributed by atoms with Crippen molar-refractivity contribution in [2.75, 3.05) is 7.11 Å². The maximum Gasteiger partial charge on any atom is 0.527 e. The molecule has 1 unspecified atom stereocenters. The van der Waals surface area contributed by atoms with Gasteiger partial charge in [-0.05, 0) is 6.07 Å². The van der Waals surface area contributed by atoms with E-state index in [1.807, 2.05) is 0 Å².